The van der Waals surface area contributed by atoms with Crippen LogP contribution in [0.1, 0.15) is 21.6 Å². The number of methoxy groups -OCH3 is 2. The largest absolute Gasteiger partial charge is 0.493 e. The number of aromatic nitrogens is 2. The van der Waals surface area contributed by atoms with Crippen molar-refractivity contribution < 1.29 is 19.0 Å². The first-order valence-electron chi connectivity index (χ1n) is 9.48. The van der Waals surface area contributed by atoms with Crippen molar-refractivity contribution in [2.24, 2.45) is 0 Å². The first-order chi connectivity index (χ1) is 14.2. The first-order valence-corrected chi connectivity index (χ1v) is 9.48. The molecular formula is C22H23N3O4. The van der Waals surface area contributed by atoms with E-state index in [0.717, 1.165) is 29.0 Å². The van der Waals surface area contributed by atoms with Crippen LogP contribution in [0, 0.1) is 0 Å². The number of H-pyrrole nitrogens is 1. The summed E-state index contributed by atoms with van der Waals surface area (Å²) in [5, 5.41) is 10.0. The van der Waals surface area contributed by atoms with Crippen molar-refractivity contribution in [2.75, 3.05) is 27.4 Å². The Balaban J connectivity index is 1.36. The average Bonchev–Trinajstić information content (AvgIpc) is 3.42. The van der Waals surface area contributed by atoms with Gasteiger partial charge in [-0.2, -0.15) is 5.10 Å². The second-order valence-corrected chi connectivity index (χ2v) is 6.78. The Hall–Kier alpha value is -3.48. The molecule has 2 aromatic carbocycles. The highest BCUT2D eigenvalue weighted by atomic mass is 16.5. The molecule has 0 saturated heterocycles. The molecule has 3 aromatic rings. The van der Waals surface area contributed by atoms with Crippen molar-refractivity contribution in [2.45, 2.75) is 12.8 Å². The standard InChI is InChI=1S/C22H23N3O4/c1-27-20-5-3-14(11-21(20)28-2)7-9-23-22(26)18-13-17(24-25-18)15-4-6-19-16(12-15)8-10-29-19/h3-6,11-13H,7-10H2,1-2H3,(H,23,26)(H,24,25). The van der Waals surface area contributed by atoms with Gasteiger partial charge in [-0.3, -0.25) is 9.89 Å². The van der Waals surface area contributed by atoms with Gasteiger partial charge in [0.25, 0.3) is 5.91 Å². The van der Waals surface area contributed by atoms with Crippen molar-refractivity contribution in [1.82, 2.24) is 15.5 Å². The lowest BCUT2D eigenvalue weighted by Gasteiger charge is -2.09. The van der Waals surface area contributed by atoms with Gasteiger partial charge in [-0.25, -0.2) is 0 Å². The Morgan fingerprint density at radius 2 is 2.00 bits per heavy atom. The molecule has 1 aliphatic heterocycles. The molecule has 2 heterocycles. The number of aromatic amines is 1. The maximum Gasteiger partial charge on any atom is 0.269 e. The number of amides is 1. The van der Waals surface area contributed by atoms with Gasteiger partial charge in [0.1, 0.15) is 11.4 Å². The molecule has 7 heteroatoms. The highest BCUT2D eigenvalue weighted by Crippen LogP contribution is 2.30. The SMILES string of the molecule is COc1ccc(CCNC(=O)c2cc(-c3ccc4c(c3)CCO4)n[nH]2)cc1OC. The van der Waals surface area contributed by atoms with Gasteiger partial charge < -0.3 is 19.5 Å². The number of carbonyl (C=O) groups is 1. The summed E-state index contributed by atoms with van der Waals surface area (Å²) in [5.74, 6) is 2.10. The molecule has 1 amide bonds. The van der Waals surface area contributed by atoms with Gasteiger partial charge in [0.2, 0.25) is 0 Å². The smallest absolute Gasteiger partial charge is 0.269 e. The number of carbonyl (C=O) groups excluding carboxylic acids is 1. The molecule has 1 aliphatic rings. The fraction of sp³-hybridized carbons (Fsp3) is 0.273. The molecule has 1 aromatic heterocycles. The van der Waals surface area contributed by atoms with Gasteiger partial charge >= 0.3 is 0 Å². The molecule has 0 fully saturated rings. The summed E-state index contributed by atoms with van der Waals surface area (Å²) >= 11 is 0. The number of ether oxygens (including phenoxy) is 3. The number of hydrogen-bond donors (Lipinski definition) is 2. The molecule has 2 N–H and O–H groups in total. The molecule has 0 aliphatic carbocycles. The zero-order valence-electron chi connectivity index (χ0n) is 16.5. The predicted molar refractivity (Wildman–Crippen MR) is 109 cm³/mol. The molecule has 150 valence electrons. The minimum absolute atomic E-state index is 0.186. The van der Waals surface area contributed by atoms with Crippen molar-refractivity contribution in [3.8, 4) is 28.5 Å². The lowest BCUT2D eigenvalue weighted by Crippen LogP contribution is -2.26. The van der Waals surface area contributed by atoms with Gasteiger partial charge in [-0.05, 0) is 53.9 Å². The van der Waals surface area contributed by atoms with Crippen molar-refractivity contribution in [3.63, 3.8) is 0 Å². The van der Waals surface area contributed by atoms with Crippen molar-refractivity contribution >= 4 is 5.91 Å². The van der Waals surface area contributed by atoms with Crippen LogP contribution in [-0.2, 0) is 12.8 Å². The van der Waals surface area contributed by atoms with Gasteiger partial charge in [-0.1, -0.05) is 6.07 Å². The number of fused-ring (bicyclic) bond motifs is 1. The molecule has 29 heavy (non-hydrogen) atoms. The zero-order chi connectivity index (χ0) is 20.2. The summed E-state index contributed by atoms with van der Waals surface area (Å²) < 4.78 is 16.1. The maximum absolute atomic E-state index is 12.4. The minimum atomic E-state index is -0.186. The van der Waals surface area contributed by atoms with E-state index >= 15 is 0 Å². The molecule has 0 bridgehead atoms. The number of nitrogens with zero attached hydrogens (tertiary/aromatic N) is 1. The van der Waals surface area contributed by atoms with Crippen LogP contribution in [-0.4, -0.2) is 43.5 Å². The molecular weight excluding hydrogens is 370 g/mol. The average molecular weight is 393 g/mol. The third-order valence-corrected chi connectivity index (χ3v) is 4.95. The van der Waals surface area contributed by atoms with E-state index in [-0.39, 0.29) is 5.91 Å². The second-order valence-electron chi connectivity index (χ2n) is 6.78. The van der Waals surface area contributed by atoms with E-state index in [9.17, 15) is 4.79 Å². The topological polar surface area (TPSA) is 85.5 Å². The first kappa shape index (κ1) is 18.9. The van der Waals surface area contributed by atoms with E-state index in [1.807, 2.05) is 30.3 Å². The number of hydrogen-bond acceptors (Lipinski definition) is 5. The Morgan fingerprint density at radius 1 is 1.14 bits per heavy atom. The van der Waals surface area contributed by atoms with Gasteiger partial charge in [0, 0.05) is 18.5 Å². The van der Waals surface area contributed by atoms with E-state index in [4.69, 9.17) is 14.2 Å². The molecule has 0 unspecified atom stereocenters. The molecule has 0 saturated carbocycles. The van der Waals surface area contributed by atoms with E-state index in [1.54, 1.807) is 20.3 Å². The quantitative estimate of drug-likeness (QED) is 0.645. The van der Waals surface area contributed by atoms with Crippen LogP contribution in [0.15, 0.2) is 42.5 Å². The molecule has 0 radical (unpaired) electrons. The summed E-state index contributed by atoms with van der Waals surface area (Å²) in [7, 11) is 3.21. The summed E-state index contributed by atoms with van der Waals surface area (Å²) in [4.78, 5) is 12.4. The Labute approximate surface area is 169 Å². The van der Waals surface area contributed by atoms with Crippen LogP contribution in [0.3, 0.4) is 0 Å². The van der Waals surface area contributed by atoms with Crippen LogP contribution in [0.5, 0.6) is 17.2 Å². The summed E-state index contributed by atoms with van der Waals surface area (Å²) in [6.45, 7) is 1.21. The van der Waals surface area contributed by atoms with Crippen molar-refractivity contribution in [3.05, 3.63) is 59.3 Å². The lowest BCUT2D eigenvalue weighted by atomic mass is 10.1. The van der Waals surface area contributed by atoms with E-state index in [0.29, 0.717) is 36.8 Å². The van der Waals surface area contributed by atoms with Crippen LogP contribution in [0.25, 0.3) is 11.3 Å². The number of nitrogens with one attached hydrogen (secondary N) is 2. The van der Waals surface area contributed by atoms with Crippen molar-refractivity contribution in [1.29, 1.82) is 0 Å². The molecule has 4 rings (SSSR count). The van der Waals surface area contributed by atoms with Gasteiger partial charge in [0.15, 0.2) is 11.5 Å². The van der Waals surface area contributed by atoms with Gasteiger partial charge in [0.05, 0.1) is 26.5 Å². The van der Waals surface area contributed by atoms with Crippen LogP contribution in [0.2, 0.25) is 0 Å². The fourth-order valence-corrected chi connectivity index (χ4v) is 3.38. The number of benzene rings is 2. The Bertz CT molecular complexity index is 1030. The van der Waals surface area contributed by atoms with Gasteiger partial charge in [-0.15, -0.1) is 0 Å². The summed E-state index contributed by atoms with van der Waals surface area (Å²) in [6.07, 6.45) is 1.58. The van der Waals surface area contributed by atoms with E-state index in [1.165, 1.54) is 5.56 Å². The predicted octanol–water partition coefficient (Wildman–Crippen LogP) is 3.00. The number of rotatable bonds is 7. The Kier molecular flexibility index (Phi) is 5.37. The zero-order valence-corrected chi connectivity index (χ0v) is 16.5. The summed E-state index contributed by atoms with van der Waals surface area (Å²) in [6, 6.07) is 13.5. The minimum Gasteiger partial charge on any atom is -0.493 e. The normalized spacial score (nSPS) is 12.2. The summed E-state index contributed by atoms with van der Waals surface area (Å²) in [5.41, 5.74) is 4.36. The van der Waals surface area contributed by atoms with E-state index < -0.39 is 0 Å². The molecule has 0 spiro atoms. The monoisotopic (exact) mass is 393 g/mol. The van der Waals surface area contributed by atoms with Crippen LogP contribution >= 0.6 is 0 Å². The lowest BCUT2D eigenvalue weighted by molar-refractivity contribution is 0.0949. The third kappa shape index (κ3) is 4.03. The molecule has 0 atom stereocenters. The van der Waals surface area contributed by atoms with Crippen LogP contribution < -0.4 is 19.5 Å². The highest BCUT2D eigenvalue weighted by Gasteiger charge is 2.15. The van der Waals surface area contributed by atoms with Crippen LogP contribution in [0.4, 0.5) is 0 Å². The third-order valence-electron chi connectivity index (χ3n) is 4.95. The second kappa shape index (κ2) is 8.26. The highest BCUT2D eigenvalue weighted by molar-refractivity contribution is 5.93. The van der Waals surface area contributed by atoms with E-state index in [2.05, 4.69) is 21.6 Å². The molecule has 7 nitrogen and oxygen atoms in total. The maximum atomic E-state index is 12.4. The Morgan fingerprint density at radius 3 is 2.83 bits per heavy atom. The fourth-order valence-electron chi connectivity index (χ4n) is 3.38.